The van der Waals surface area contributed by atoms with E-state index in [4.69, 9.17) is 6.57 Å². The lowest BCUT2D eigenvalue weighted by molar-refractivity contribution is 0.127. The Hall–Kier alpha value is -2.41. The number of hydrogen-bond acceptors (Lipinski definition) is 2. The molecule has 0 spiro atoms. The van der Waals surface area contributed by atoms with Gasteiger partial charge in [-0.05, 0) is 22.6 Å². The summed E-state index contributed by atoms with van der Waals surface area (Å²) in [4.78, 5) is 3.78. The molecular formula is C24H27NO2. The van der Waals surface area contributed by atoms with Crippen LogP contribution < -0.4 is 0 Å². The van der Waals surface area contributed by atoms with E-state index in [-0.39, 0.29) is 23.8 Å². The van der Waals surface area contributed by atoms with Gasteiger partial charge in [-0.25, -0.2) is 6.57 Å². The first-order valence-electron chi connectivity index (χ1n) is 9.57. The molecule has 0 saturated heterocycles. The van der Waals surface area contributed by atoms with Gasteiger partial charge in [0.05, 0.1) is 18.1 Å². The maximum absolute atomic E-state index is 10.7. The number of hydrogen-bond donors (Lipinski definition) is 2. The summed E-state index contributed by atoms with van der Waals surface area (Å²) < 4.78 is 0. The lowest BCUT2D eigenvalue weighted by Crippen LogP contribution is -2.17. The van der Waals surface area contributed by atoms with Gasteiger partial charge < -0.3 is 15.1 Å². The minimum Gasteiger partial charge on any atom is -0.392 e. The van der Waals surface area contributed by atoms with Gasteiger partial charge in [0.15, 0.2) is 0 Å². The van der Waals surface area contributed by atoms with Gasteiger partial charge in [-0.2, -0.15) is 0 Å². The van der Waals surface area contributed by atoms with Crippen LogP contribution in [-0.2, 0) is 0 Å². The largest absolute Gasteiger partial charge is 0.392 e. The van der Waals surface area contributed by atoms with Crippen molar-refractivity contribution in [1.29, 1.82) is 0 Å². The minimum atomic E-state index is -0.532. The van der Waals surface area contributed by atoms with Gasteiger partial charge in [0.25, 0.3) is 0 Å². The molecule has 2 aromatic carbocycles. The molecule has 1 saturated carbocycles. The van der Waals surface area contributed by atoms with Crippen molar-refractivity contribution in [1.82, 2.24) is 0 Å². The third-order valence-electron chi connectivity index (χ3n) is 5.53. The Labute approximate surface area is 161 Å². The minimum absolute atomic E-state index is 0.0291. The van der Waals surface area contributed by atoms with Crippen molar-refractivity contribution in [2.24, 2.45) is 11.8 Å². The first-order chi connectivity index (χ1) is 13.0. The number of aliphatic hydroxyl groups is 2. The third-order valence-corrected chi connectivity index (χ3v) is 5.53. The molecule has 0 aliphatic heterocycles. The van der Waals surface area contributed by atoms with Crippen molar-refractivity contribution in [3.8, 4) is 0 Å². The maximum atomic E-state index is 10.7. The molecule has 1 aliphatic rings. The van der Waals surface area contributed by atoms with E-state index >= 15 is 0 Å². The van der Waals surface area contributed by atoms with E-state index in [0.29, 0.717) is 6.42 Å². The van der Waals surface area contributed by atoms with Crippen molar-refractivity contribution in [3.05, 3.63) is 88.8 Å². The summed E-state index contributed by atoms with van der Waals surface area (Å²) in [5.41, 5.74) is 3.01. The number of nitrogens with zero attached hydrogens (tertiary/aromatic N) is 1. The van der Waals surface area contributed by atoms with Crippen molar-refractivity contribution in [2.45, 2.75) is 44.4 Å². The van der Waals surface area contributed by atoms with Crippen LogP contribution in [0.5, 0.6) is 0 Å². The molecular weight excluding hydrogens is 334 g/mol. The molecule has 3 rings (SSSR count). The van der Waals surface area contributed by atoms with Gasteiger partial charge in [0.2, 0.25) is 6.04 Å². The van der Waals surface area contributed by atoms with E-state index in [0.717, 1.165) is 16.7 Å². The zero-order chi connectivity index (χ0) is 19.4. The van der Waals surface area contributed by atoms with E-state index in [9.17, 15) is 10.2 Å². The highest BCUT2D eigenvalue weighted by atomic mass is 16.3. The highest BCUT2D eigenvalue weighted by Crippen LogP contribution is 2.43. The second-order valence-electron chi connectivity index (χ2n) is 7.73. The summed E-state index contributed by atoms with van der Waals surface area (Å²) in [6.07, 6.45) is 3.60. The van der Waals surface area contributed by atoms with Crippen LogP contribution in [0.4, 0.5) is 0 Å². The van der Waals surface area contributed by atoms with Gasteiger partial charge in [0, 0.05) is 12.3 Å². The van der Waals surface area contributed by atoms with Gasteiger partial charge >= 0.3 is 0 Å². The molecule has 2 N–H and O–H groups in total. The van der Waals surface area contributed by atoms with Crippen LogP contribution in [0, 0.1) is 18.4 Å². The summed E-state index contributed by atoms with van der Waals surface area (Å²) in [6, 6.07) is 17.7. The van der Waals surface area contributed by atoms with Gasteiger partial charge in [0.1, 0.15) is 0 Å². The van der Waals surface area contributed by atoms with Crippen LogP contribution in [0.1, 0.15) is 49.0 Å². The van der Waals surface area contributed by atoms with Crippen LogP contribution in [-0.4, -0.2) is 22.4 Å². The Balaban J connectivity index is 1.87. The quantitative estimate of drug-likeness (QED) is 0.748. The molecule has 0 amide bonds. The first kappa shape index (κ1) is 19.4. The van der Waals surface area contributed by atoms with Crippen LogP contribution in [0.25, 0.3) is 10.9 Å². The fourth-order valence-electron chi connectivity index (χ4n) is 3.96. The van der Waals surface area contributed by atoms with E-state index < -0.39 is 12.2 Å². The number of rotatable bonds is 5. The summed E-state index contributed by atoms with van der Waals surface area (Å²) in [5.74, 6) is 0.0221. The SMILES string of the molecule is [C-]#[N+][C@@H]1C[C@@H](O)C(c2ccc(C(O)C(C)C)cc2)C1/C=C/c1ccccc1. The standard InChI is InChI=1S/C24H27NO2/c1-16(2)24(27)19-12-10-18(11-13-19)23-20(21(25-3)15-22(23)26)14-9-17-7-5-4-6-8-17/h4-14,16,20-24,26-27H,15H2,1-2H3/b14-9+/t20?,21-,22-,23?,24?/m1/s1. The maximum Gasteiger partial charge on any atom is 0.233 e. The summed E-state index contributed by atoms with van der Waals surface area (Å²) in [6.45, 7) is 11.5. The Morgan fingerprint density at radius 2 is 1.74 bits per heavy atom. The second kappa shape index (κ2) is 8.52. The van der Waals surface area contributed by atoms with Crippen molar-refractivity contribution in [2.75, 3.05) is 0 Å². The van der Waals surface area contributed by atoms with E-state index in [1.54, 1.807) is 0 Å². The van der Waals surface area contributed by atoms with Crippen LogP contribution in [0.15, 0.2) is 60.7 Å². The van der Waals surface area contributed by atoms with Crippen LogP contribution >= 0.6 is 0 Å². The summed E-state index contributed by atoms with van der Waals surface area (Å²) >= 11 is 0. The van der Waals surface area contributed by atoms with Crippen LogP contribution in [0.3, 0.4) is 0 Å². The smallest absolute Gasteiger partial charge is 0.233 e. The normalized spacial score (nSPS) is 26.4. The summed E-state index contributed by atoms with van der Waals surface area (Å²) in [7, 11) is 0. The molecule has 1 fully saturated rings. The van der Waals surface area contributed by atoms with Crippen molar-refractivity contribution < 1.29 is 10.2 Å². The molecule has 1 aliphatic carbocycles. The number of benzene rings is 2. The Morgan fingerprint density at radius 1 is 1.07 bits per heavy atom. The molecule has 3 heteroatoms. The fraction of sp³-hybridized carbons (Fsp3) is 0.375. The predicted molar refractivity (Wildman–Crippen MR) is 109 cm³/mol. The van der Waals surface area contributed by atoms with E-state index in [1.807, 2.05) is 74.5 Å². The highest BCUT2D eigenvalue weighted by molar-refractivity contribution is 5.50. The lowest BCUT2D eigenvalue weighted by Gasteiger charge is -2.21. The molecule has 0 bridgehead atoms. The monoisotopic (exact) mass is 361 g/mol. The predicted octanol–water partition coefficient (Wildman–Crippen LogP) is 4.84. The first-order valence-corrected chi connectivity index (χ1v) is 9.57. The fourth-order valence-corrected chi connectivity index (χ4v) is 3.96. The topological polar surface area (TPSA) is 44.8 Å². The van der Waals surface area contributed by atoms with Gasteiger partial charge in [-0.1, -0.05) is 80.6 Å². The van der Waals surface area contributed by atoms with Crippen molar-refractivity contribution >= 4 is 6.08 Å². The number of aliphatic hydroxyl groups excluding tert-OH is 2. The van der Waals surface area contributed by atoms with Crippen LogP contribution in [0.2, 0.25) is 0 Å². The molecule has 27 heavy (non-hydrogen) atoms. The summed E-state index contributed by atoms with van der Waals surface area (Å²) in [5, 5.41) is 20.9. The van der Waals surface area contributed by atoms with Gasteiger partial charge in [-0.3, -0.25) is 0 Å². The Morgan fingerprint density at radius 3 is 2.33 bits per heavy atom. The third kappa shape index (κ3) is 4.30. The lowest BCUT2D eigenvalue weighted by atomic mass is 9.85. The average molecular weight is 361 g/mol. The van der Waals surface area contributed by atoms with Crippen molar-refractivity contribution in [3.63, 3.8) is 0 Å². The molecule has 3 nitrogen and oxygen atoms in total. The molecule has 0 radical (unpaired) electrons. The molecule has 140 valence electrons. The average Bonchev–Trinajstić information content (AvgIpc) is 3.02. The second-order valence-corrected chi connectivity index (χ2v) is 7.73. The Bertz CT molecular complexity index is 805. The van der Waals surface area contributed by atoms with E-state index in [2.05, 4.69) is 10.9 Å². The molecule has 2 aromatic rings. The zero-order valence-corrected chi connectivity index (χ0v) is 15.9. The molecule has 0 aromatic heterocycles. The zero-order valence-electron chi connectivity index (χ0n) is 15.9. The highest BCUT2D eigenvalue weighted by Gasteiger charge is 2.46. The molecule has 5 atom stereocenters. The molecule has 3 unspecified atom stereocenters. The van der Waals surface area contributed by atoms with E-state index in [1.165, 1.54) is 0 Å². The molecule has 0 heterocycles. The van der Waals surface area contributed by atoms with Gasteiger partial charge in [-0.15, -0.1) is 0 Å². The Kier molecular flexibility index (Phi) is 6.11.